The number of likely N-dealkylation sites (tertiary alicyclic amines) is 1. The van der Waals surface area contributed by atoms with E-state index in [0.717, 1.165) is 50.9 Å². The lowest BCUT2D eigenvalue weighted by Gasteiger charge is -2.25. The lowest BCUT2D eigenvalue weighted by atomic mass is 9.87. The molecule has 2 aromatic carbocycles. The van der Waals surface area contributed by atoms with E-state index in [4.69, 9.17) is 4.74 Å². The van der Waals surface area contributed by atoms with Gasteiger partial charge < -0.3 is 19.5 Å². The van der Waals surface area contributed by atoms with Crippen molar-refractivity contribution in [3.8, 4) is 0 Å². The van der Waals surface area contributed by atoms with E-state index in [2.05, 4.69) is 67.2 Å². The van der Waals surface area contributed by atoms with Crippen LogP contribution in [0, 0.1) is 5.41 Å². The second-order valence-corrected chi connectivity index (χ2v) is 8.55. The Labute approximate surface area is 177 Å². The van der Waals surface area contributed by atoms with Crippen molar-refractivity contribution in [2.24, 2.45) is 10.4 Å². The summed E-state index contributed by atoms with van der Waals surface area (Å²) in [5, 5.41) is 3.54. The Morgan fingerprint density at radius 2 is 1.97 bits per heavy atom. The van der Waals surface area contributed by atoms with Gasteiger partial charge in [0, 0.05) is 45.2 Å². The first-order chi connectivity index (χ1) is 14.7. The fourth-order valence-electron chi connectivity index (χ4n) is 4.70. The molecule has 0 bridgehead atoms. The number of guanidine groups is 1. The molecular formula is C24H29N5O. The average Bonchev–Trinajstić information content (AvgIpc) is 3.52. The van der Waals surface area contributed by atoms with Gasteiger partial charge in [-0.25, -0.2) is 4.98 Å². The molecule has 6 nitrogen and oxygen atoms in total. The predicted octanol–water partition coefficient (Wildman–Crippen LogP) is 3.27. The second kappa shape index (κ2) is 8.11. The molecule has 1 spiro atoms. The van der Waals surface area contributed by atoms with E-state index < -0.39 is 0 Å². The highest BCUT2D eigenvalue weighted by Gasteiger charge is 2.42. The van der Waals surface area contributed by atoms with Crippen LogP contribution in [-0.4, -0.2) is 53.8 Å². The smallest absolute Gasteiger partial charge is 0.193 e. The van der Waals surface area contributed by atoms with Crippen LogP contribution < -0.4 is 5.32 Å². The molecule has 0 amide bonds. The van der Waals surface area contributed by atoms with Crippen molar-refractivity contribution in [2.75, 3.05) is 33.4 Å². The van der Waals surface area contributed by atoms with E-state index in [0.29, 0.717) is 5.41 Å². The number of hydrogen-bond donors (Lipinski definition) is 1. The number of para-hydroxylation sites is 2. The van der Waals surface area contributed by atoms with Crippen LogP contribution in [0.4, 0.5) is 0 Å². The van der Waals surface area contributed by atoms with Crippen molar-refractivity contribution < 1.29 is 4.74 Å². The summed E-state index contributed by atoms with van der Waals surface area (Å²) in [5.74, 6) is 0.993. The monoisotopic (exact) mass is 403 g/mol. The van der Waals surface area contributed by atoms with Crippen molar-refractivity contribution in [1.82, 2.24) is 19.8 Å². The molecule has 2 fully saturated rings. The minimum atomic E-state index is 0.344. The summed E-state index contributed by atoms with van der Waals surface area (Å²) >= 11 is 0. The van der Waals surface area contributed by atoms with Crippen LogP contribution in [0.15, 0.2) is 59.9 Å². The van der Waals surface area contributed by atoms with Crippen LogP contribution in [0.2, 0.25) is 0 Å². The van der Waals surface area contributed by atoms with Gasteiger partial charge in [0.25, 0.3) is 0 Å². The fourth-order valence-corrected chi connectivity index (χ4v) is 4.70. The number of nitrogens with one attached hydrogen (secondary N) is 1. The van der Waals surface area contributed by atoms with Crippen LogP contribution in [-0.2, 0) is 17.8 Å². The van der Waals surface area contributed by atoms with Gasteiger partial charge in [-0.05, 0) is 36.1 Å². The normalized spacial score (nSPS) is 21.8. The summed E-state index contributed by atoms with van der Waals surface area (Å²) in [7, 11) is 1.87. The number of hydrogen-bond acceptors (Lipinski definition) is 3. The highest BCUT2D eigenvalue weighted by atomic mass is 16.5. The largest absolute Gasteiger partial charge is 0.381 e. The van der Waals surface area contributed by atoms with E-state index in [1.807, 2.05) is 19.4 Å². The van der Waals surface area contributed by atoms with Gasteiger partial charge in [-0.15, -0.1) is 0 Å². The summed E-state index contributed by atoms with van der Waals surface area (Å²) < 4.78 is 7.85. The molecule has 1 aromatic heterocycles. The number of fused-ring (bicyclic) bond motifs is 1. The molecular weight excluding hydrogens is 374 g/mol. The first-order valence-electron chi connectivity index (χ1n) is 10.8. The average molecular weight is 404 g/mol. The van der Waals surface area contributed by atoms with Gasteiger partial charge in [0.2, 0.25) is 0 Å². The lowest BCUT2D eigenvalue weighted by molar-refractivity contribution is 0.156. The van der Waals surface area contributed by atoms with Crippen molar-refractivity contribution in [2.45, 2.75) is 25.9 Å². The summed E-state index contributed by atoms with van der Waals surface area (Å²) in [5.41, 5.74) is 5.08. The first kappa shape index (κ1) is 19.1. The van der Waals surface area contributed by atoms with Crippen molar-refractivity contribution in [1.29, 1.82) is 0 Å². The zero-order valence-corrected chi connectivity index (χ0v) is 17.6. The molecule has 0 saturated carbocycles. The van der Waals surface area contributed by atoms with Crippen molar-refractivity contribution in [3.63, 3.8) is 0 Å². The van der Waals surface area contributed by atoms with Gasteiger partial charge in [0.1, 0.15) is 0 Å². The molecule has 3 aromatic rings. The molecule has 5 rings (SSSR count). The third kappa shape index (κ3) is 3.79. The SMILES string of the molecule is CN=C(NCc1ccc(Cn2cnc3ccccc32)cc1)N1CCC2(CCOC2)C1. The van der Waals surface area contributed by atoms with E-state index in [9.17, 15) is 0 Å². The van der Waals surface area contributed by atoms with Gasteiger partial charge in [0.05, 0.1) is 24.0 Å². The number of benzene rings is 2. The van der Waals surface area contributed by atoms with E-state index >= 15 is 0 Å². The molecule has 3 heterocycles. The van der Waals surface area contributed by atoms with Gasteiger partial charge in [0.15, 0.2) is 5.96 Å². The molecule has 0 radical (unpaired) electrons. The van der Waals surface area contributed by atoms with Crippen LogP contribution in [0.1, 0.15) is 24.0 Å². The molecule has 2 aliphatic heterocycles. The predicted molar refractivity (Wildman–Crippen MR) is 120 cm³/mol. The van der Waals surface area contributed by atoms with Gasteiger partial charge in [-0.3, -0.25) is 4.99 Å². The molecule has 6 heteroatoms. The van der Waals surface area contributed by atoms with Crippen LogP contribution in [0.5, 0.6) is 0 Å². The topological polar surface area (TPSA) is 54.7 Å². The fraction of sp³-hybridized carbons (Fsp3) is 0.417. The minimum absolute atomic E-state index is 0.344. The molecule has 1 N–H and O–H groups in total. The third-order valence-electron chi connectivity index (χ3n) is 6.49. The molecule has 156 valence electrons. The lowest BCUT2D eigenvalue weighted by Crippen LogP contribution is -2.41. The van der Waals surface area contributed by atoms with Crippen LogP contribution >= 0.6 is 0 Å². The Balaban J connectivity index is 1.19. The first-order valence-corrected chi connectivity index (χ1v) is 10.8. The number of rotatable bonds is 4. The summed E-state index contributed by atoms with van der Waals surface area (Å²) in [6, 6.07) is 17.1. The highest BCUT2D eigenvalue weighted by Crippen LogP contribution is 2.38. The Kier molecular flexibility index (Phi) is 5.17. The molecule has 2 saturated heterocycles. The Morgan fingerprint density at radius 1 is 1.13 bits per heavy atom. The number of aromatic nitrogens is 2. The summed E-state index contributed by atoms with van der Waals surface area (Å²) in [6.45, 7) is 5.51. The number of imidazole rings is 1. The summed E-state index contributed by atoms with van der Waals surface area (Å²) in [4.78, 5) is 11.4. The Hall–Kier alpha value is -2.86. The maximum absolute atomic E-state index is 5.65. The number of aliphatic imine (C=N–C) groups is 1. The summed E-state index contributed by atoms with van der Waals surface area (Å²) in [6.07, 6.45) is 4.29. The van der Waals surface area contributed by atoms with Crippen LogP contribution in [0.3, 0.4) is 0 Å². The minimum Gasteiger partial charge on any atom is -0.381 e. The van der Waals surface area contributed by atoms with Crippen LogP contribution in [0.25, 0.3) is 11.0 Å². The van der Waals surface area contributed by atoms with Crippen molar-refractivity contribution in [3.05, 3.63) is 66.0 Å². The number of ether oxygens (including phenoxy) is 1. The Morgan fingerprint density at radius 3 is 2.77 bits per heavy atom. The molecule has 1 atom stereocenters. The maximum atomic E-state index is 5.65. The highest BCUT2D eigenvalue weighted by molar-refractivity contribution is 5.80. The molecule has 1 unspecified atom stereocenters. The van der Waals surface area contributed by atoms with E-state index in [1.165, 1.54) is 29.5 Å². The third-order valence-corrected chi connectivity index (χ3v) is 6.49. The van der Waals surface area contributed by atoms with Gasteiger partial charge in [-0.2, -0.15) is 0 Å². The molecule has 0 aliphatic carbocycles. The number of nitrogens with zero attached hydrogens (tertiary/aromatic N) is 4. The molecule has 30 heavy (non-hydrogen) atoms. The zero-order chi connectivity index (χ0) is 20.4. The zero-order valence-electron chi connectivity index (χ0n) is 17.6. The standard InChI is InChI=1S/C24H29N5O/c1-25-23(28-12-10-24(16-28)11-13-30-17-24)26-14-19-6-8-20(9-7-19)15-29-18-27-21-4-2-3-5-22(21)29/h2-9,18H,10-17H2,1H3,(H,25,26). The quantitative estimate of drug-likeness (QED) is 0.537. The van der Waals surface area contributed by atoms with Crippen molar-refractivity contribution >= 4 is 17.0 Å². The second-order valence-electron chi connectivity index (χ2n) is 8.55. The molecule has 2 aliphatic rings. The van der Waals surface area contributed by atoms with Gasteiger partial charge >= 0.3 is 0 Å². The van der Waals surface area contributed by atoms with E-state index in [1.54, 1.807) is 0 Å². The maximum Gasteiger partial charge on any atom is 0.193 e. The van der Waals surface area contributed by atoms with Gasteiger partial charge in [-0.1, -0.05) is 36.4 Å². The van der Waals surface area contributed by atoms with E-state index in [-0.39, 0.29) is 0 Å². The Bertz CT molecular complexity index is 1030.